The third-order valence-corrected chi connectivity index (χ3v) is 4.54. The molecule has 1 aromatic carbocycles. The van der Waals surface area contributed by atoms with Crippen LogP contribution in [-0.2, 0) is 11.3 Å². The molecule has 0 fully saturated rings. The quantitative estimate of drug-likeness (QED) is 0.676. The van der Waals surface area contributed by atoms with Crippen molar-refractivity contribution in [1.82, 2.24) is 9.88 Å². The summed E-state index contributed by atoms with van der Waals surface area (Å²) in [5.41, 5.74) is 2.30. The van der Waals surface area contributed by atoms with E-state index >= 15 is 0 Å². The van der Waals surface area contributed by atoms with Crippen molar-refractivity contribution in [3.8, 4) is 17.0 Å². The van der Waals surface area contributed by atoms with Crippen molar-refractivity contribution in [3.63, 3.8) is 0 Å². The average Bonchev–Trinajstić information content (AvgIpc) is 2.65. The minimum atomic E-state index is -0.447. The molecule has 0 N–H and O–H groups in total. The number of rotatable bonds is 7. The number of esters is 1. The topological polar surface area (TPSA) is 51.7 Å². The molecule has 0 aliphatic rings. The Balaban J connectivity index is 2.56. The van der Waals surface area contributed by atoms with Gasteiger partial charge in [-0.15, -0.1) is 0 Å². The first kappa shape index (κ1) is 20.8. The highest BCUT2D eigenvalue weighted by atomic mass is 19.1. The van der Waals surface area contributed by atoms with E-state index in [1.165, 1.54) is 14.2 Å². The summed E-state index contributed by atoms with van der Waals surface area (Å²) < 4.78 is 24.4. The van der Waals surface area contributed by atoms with Gasteiger partial charge in [-0.3, -0.25) is 4.90 Å². The molecule has 0 spiro atoms. The second-order valence-electron chi connectivity index (χ2n) is 6.93. The molecule has 2 rings (SSSR count). The van der Waals surface area contributed by atoms with Gasteiger partial charge in [-0.1, -0.05) is 6.07 Å². The molecule has 1 heterocycles. The zero-order valence-corrected chi connectivity index (χ0v) is 16.7. The summed E-state index contributed by atoms with van der Waals surface area (Å²) in [7, 11) is 2.84. The Bertz CT molecular complexity index is 798. The highest BCUT2D eigenvalue weighted by Crippen LogP contribution is 2.29. The number of hydrogen-bond donors (Lipinski definition) is 0. The van der Waals surface area contributed by atoms with Gasteiger partial charge in [-0.05, 0) is 51.0 Å². The molecule has 0 saturated carbocycles. The number of methoxy groups -OCH3 is 2. The number of carbonyl (C=O) groups is 1. The van der Waals surface area contributed by atoms with Crippen molar-refractivity contribution < 1.29 is 18.7 Å². The molecule has 0 bridgehead atoms. The second kappa shape index (κ2) is 8.95. The lowest BCUT2D eigenvalue weighted by molar-refractivity contribution is 0.0596. The summed E-state index contributed by atoms with van der Waals surface area (Å²) in [5.74, 6) is -0.523. The second-order valence-corrected chi connectivity index (χ2v) is 6.93. The van der Waals surface area contributed by atoms with Gasteiger partial charge in [0.15, 0.2) is 0 Å². The number of carbonyl (C=O) groups excluding carboxylic acids is 1. The van der Waals surface area contributed by atoms with Crippen molar-refractivity contribution in [1.29, 1.82) is 0 Å². The van der Waals surface area contributed by atoms with E-state index in [1.54, 1.807) is 18.2 Å². The van der Waals surface area contributed by atoms with Crippen LogP contribution in [0.4, 0.5) is 4.39 Å². The normalized spacial score (nSPS) is 11.3. The molecule has 2 aromatic rings. The first-order valence-corrected chi connectivity index (χ1v) is 8.95. The van der Waals surface area contributed by atoms with Gasteiger partial charge in [-0.2, -0.15) is 0 Å². The predicted octanol–water partition coefficient (Wildman–Crippen LogP) is 4.30. The number of hydrogen-bond acceptors (Lipinski definition) is 5. The van der Waals surface area contributed by atoms with E-state index in [4.69, 9.17) is 9.47 Å². The molecule has 146 valence electrons. The summed E-state index contributed by atoms with van der Waals surface area (Å²) in [4.78, 5) is 18.4. The Labute approximate surface area is 160 Å². The molecule has 0 aliphatic carbocycles. The number of halogens is 1. The highest BCUT2D eigenvalue weighted by molar-refractivity contribution is 5.92. The maximum atomic E-state index is 14.3. The smallest absolute Gasteiger partial charge is 0.338 e. The zero-order chi connectivity index (χ0) is 20.1. The van der Waals surface area contributed by atoms with E-state index < -0.39 is 11.8 Å². The number of aromatic nitrogens is 1. The highest BCUT2D eigenvalue weighted by Gasteiger charge is 2.20. The van der Waals surface area contributed by atoms with Gasteiger partial charge in [0.2, 0.25) is 5.88 Å². The lowest BCUT2D eigenvalue weighted by Crippen LogP contribution is -2.36. The maximum Gasteiger partial charge on any atom is 0.338 e. The van der Waals surface area contributed by atoms with E-state index in [0.717, 1.165) is 11.8 Å². The molecule has 5 nitrogen and oxygen atoms in total. The fourth-order valence-corrected chi connectivity index (χ4v) is 3.11. The monoisotopic (exact) mass is 374 g/mol. The molecule has 0 atom stereocenters. The van der Waals surface area contributed by atoms with Crippen LogP contribution in [-0.4, -0.2) is 42.2 Å². The van der Waals surface area contributed by atoms with Gasteiger partial charge in [-0.25, -0.2) is 14.2 Å². The van der Waals surface area contributed by atoms with Crippen molar-refractivity contribution in [2.24, 2.45) is 0 Å². The van der Waals surface area contributed by atoms with Gasteiger partial charge in [0.05, 0.1) is 26.0 Å². The molecule has 6 heteroatoms. The third kappa shape index (κ3) is 4.83. The molecular weight excluding hydrogens is 347 g/mol. The Morgan fingerprint density at radius 3 is 2.37 bits per heavy atom. The van der Waals surface area contributed by atoms with Crippen LogP contribution >= 0.6 is 0 Å². The Hall–Kier alpha value is -2.47. The summed E-state index contributed by atoms with van der Waals surface area (Å²) in [6, 6.07) is 7.36. The Morgan fingerprint density at radius 2 is 1.81 bits per heavy atom. The zero-order valence-electron chi connectivity index (χ0n) is 16.7. The van der Waals surface area contributed by atoms with E-state index in [-0.39, 0.29) is 12.1 Å². The molecule has 0 amide bonds. The van der Waals surface area contributed by atoms with Crippen LogP contribution in [0.25, 0.3) is 11.1 Å². The van der Waals surface area contributed by atoms with Crippen molar-refractivity contribution in [2.45, 2.75) is 46.3 Å². The van der Waals surface area contributed by atoms with Gasteiger partial charge < -0.3 is 9.47 Å². The van der Waals surface area contributed by atoms with Crippen LogP contribution in [0.15, 0.2) is 30.5 Å². The van der Waals surface area contributed by atoms with Gasteiger partial charge in [0, 0.05) is 30.3 Å². The number of nitrogens with zero attached hydrogens (tertiary/aromatic N) is 2. The average molecular weight is 374 g/mol. The number of pyridine rings is 1. The van der Waals surface area contributed by atoms with E-state index in [1.807, 2.05) is 6.07 Å². The van der Waals surface area contributed by atoms with Crippen molar-refractivity contribution in [3.05, 3.63) is 47.4 Å². The van der Waals surface area contributed by atoms with Gasteiger partial charge >= 0.3 is 5.97 Å². The molecule has 27 heavy (non-hydrogen) atoms. The van der Waals surface area contributed by atoms with Gasteiger partial charge in [0.1, 0.15) is 5.82 Å². The van der Waals surface area contributed by atoms with E-state index in [2.05, 4.69) is 37.6 Å². The van der Waals surface area contributed by atoms with Crippen LogP contribution in [0.1, 0.15) is 43.6 Å². The van der Waals surface area contributed by atoms with Crippen molar-refractivity contribution in [2.75, 3.05) is 14.2 Å². The largest absolute Gasteiger partial charge is 0.481 e. The standard InChI is InChI=1S/C21H27FN2O3/c1-13(2)24(14(3)4)12-16-9-15(7-8-17(16)21(25)27-6)18-10-20(26-5)23-11-19(18)22/h7-11,13-14H,12H2,1-6H3. The van der Waals surface area contributed by atoms with Crippen LogP contribution in [0.5, 0.6) is 5.88 Å². The molecule has 0 saturated heterocycles. The molecule has 0 aliphatic heterocycles. The van der Waals surface area contributed by atoms with Crippen LogP contribution in [0, 0.1) is 5.82 Å². The predicted molar refractivity (Wildman–Crippen MR) is 103 cm³/mol. The number of ether oxygens (including phenoxy) is 2. The fourth-order valence-electron chi connectivity index (χ4n) is 3.11. The maximum absolute atomic E-state index is 14.3. The lowest BCUT2D eigenvalue weighted by Gasteiger charge is -2.31. The first-order valence-electron chi connectivity index (χ1n) is 8.95. The first-order chi connectivity index (χ1) is 12.8. The summed E-state index contributed by atoms with van der Waals surface area (Å²) in [6.07, 6.45) is 1.14. The molecule has 0 radical (unpaired) electrons. The minimum Gasteiger partial charge on any atom is -0.481 e. The Morgan fingerprint density at radius 1 is 1.15 bits per heavy atom. The van der Waals surface area contributed by atoms with Crippen LogP contribution in [0.2, 0.25) is 0 Å². The third-order valence-electron chi connectivity index (χ3n) is 4.54. The summed E-state index contributed by atoms with van der Waals surface area (Å²) >= 11 is 0. The molecular formula is C21H27FN2O3. The van der Waals surface area contributed by atoms with Crippen LogP contribution in [0.3, 0.4) is 0 Å². The van der Waals surface area contributed by atoms with E-state index in [0.29, 0.717) is 29.1 Å². The fraction of sp³-hybridized carbons (Fsp3) is 0.429. The summed E-state index contributed by atoms with van der Waals surface area (Å²) in [5, 5.41) is 0. The summed E-state index contributed by atoms with van der Waals surface area (Å²) in [6.45, 7) is 8.98. The lowest BCUT2D eigenvalue weighted by atomic mass is 9.98. The molecule has 1 aromatic heterocycles. The SMILES string of the molecule is COC(=O)c1ccc(-c2cc(OC)ncc2F)cc1CN(C(C)C)C(C)C. The van der Waals surface area contributed by atoms with E-state index in [9.17, 15) is 9.18 Å². The Kier molecular flexibility index (Phi) is 6.91. The molecule has 0 unspecified atom stereocenters. The van der Waals surface area contributed by atoms with Gasteiger partial charge in [0.25, 0.3) is 0 Å². The minimum absolute atomic E-state index is 0.289. The van der Waals surface area contributed by atoms with Crippen molar-refractivity contribution >= 4 is 5.97 Å². The number of benzene rings is 1. The van der Waals surface area contributed by atoms with Crippen LogP contribution < -0.4 is 4.74 Å².